The number of aromatic nitrogens is 6. The highest BCUT2D eigenvalue weighted by Gasteiger charge is 2.30. The third-order valence-corrected chi connectivity index (χ3v) is 5.73. The molecule has 0 radical (unpaired) electrons. The number of hydrogen-bond acceptors (Lipinski definition) is 8. The molecule has 4 aromatic heterocycles. The lowest BCUT2D eigenvalue weighted by molar-refractivity contribution is 0.0695. The summed E-state index contributed by atoms with van der Waals surface area (Å²) in [4.78, 5) is 39.4. The minimum atomic E-state index is -1.29. The Labute approximate surface area is 167 Å². The highest BCUT2D eigenvalue weighted by Crippen LogP contribution is 2.29. The maximum absolute atomic E-state index is 12.8. The largest absolute Gasteiger partial charge is 0.477 e. The number of hydrogen-bond donors (Lipinski definition) is 1. The number of fused-ring (bicyclic) bond motifs is 1. The van der Waals surface area contributed by atoms with Crippen LogP contribution in [-0.2, 0) is 0 Å². The van der Waals surface area contributed by atoms with E-state index in [1.165, 1.54) is 17.1 Å². The van der Waals surface area contributed by atoms with Crippen molar-refractivity contribution in [1.29, 1.82) is 0 Å². The number of carbonyl (C=O) groups is 1. The van der Waals surface area contributed by atoms with Gasteiger partial charge in [-0.2, -0.15) is 4.37 Å². The fourth-order valence-electron chi connectivity index (χ4n) is 3.53. The van der Waals surface area contributed by atoms with Crippen LogP contribution in [0.1, 0.15) is 22.0 Å². The quantitative estimate of drug-likeness (QED) is 0.539. The fourth-order valence-corrected chi connectivity index (χ4v) is 4.04. The molecule has 146 valence electrons. The fraction of sp³-hybridized carbons (Fsp3) is 0.222. The van der Waals surface area contributed by atoms with Gasteiger partial charge < -0.3 is 14.6 Å². The summed E-state index contributed by atoms with van der Waals surface area (Å²) in [6, 6.07) is 2.14. The van der Waals surface area contributed by atoms with Crippen molar-refractivity contribution in [1.82, 2.24) is 28.5 Å². The van der Waals surface area contributed by atoms with Gasteiger partial charge in [-0.3, -0.25) is 9.36 Å². The van der Waals surface area contributed by atoms with Crippen molar-refractivity contribution in [2.24, 2.45) is 0 Å². The van der Waals surface area contributed by atoms with Gasteiger partial charge in [0.1, 0.15) is 17.7 Å². The second kappa shape index (κ2) is 6.48. The molecule has 1 aliphatic heterocycles. The molecule has 0 unspecified atom stereocenters. The summed E-state index contributed by atoms with van der Waals surface area (Å²) >= 11 is 1.10. The Kier molecular flexibility index (Phi) is 3.91. The lowest BCUT2D eigenvalue weighted by Gasteiger charge is -2.40. The van der Waals surface area contributed by atoms with Crippen molar-refractivity contribution in [2.75, 3.05) is 18.0 Å². The van der Waals surface area contributed by atoms with Crippen molar-refractivity contribution in [3.8, 4) is 5.13 Å². The summed E-state index contributed by atoms with van der Waals surface area (Å²) in [6.45, 7) is 3.33. The minimum absolute atomic E-state index is 0.274. The van der Waals surface area contributed by atoms with Crippen molar-refractivity contribution in [3.05, 3.63) is 58.7 Å². The first-order valence-electron chi connectivity index (χ1n) is 8.82. The van der Waals surface area contributed by atoms with Gasteiger partial charge in [0.25, 0.3) is 0 Å². The van der Waals surface area contributed by atoms with Crippen molar-refractivity contribution in [3.63, 3.8) is 0 Å². The molecule has 11 heteroatoms. The number of nitrogens with zero attached hydrogens (tertiary/aromatic N) is 7. The van der Waals surface area contributed by atoms with Crippen LogP contribution in [-0.4, -0.2) is 52.6 Å². The highest BCUT2D eigenvalue weighted by molar-refractivity contribution is 7.08. The van der Waals surface area contributed by atoms with Crippen LogP contribution in [0.2, 0.25) is 0 Å². The van der Waals surface area contributed by atoms with Crippen LogP contribution in [0.15, 0.2) is 42.1 Å². The number of pyridine rings is 2. The van der Waals surface area contributed by atoms with Gasteiger partial charge in [0, 0.05) is 43.2 Å². The highest BCUT2D eigenvalue weighted by atomic mass is 32.1. The molecule has 0 saturated carbocycles. The van der Waals surface area contributed by atoms with Crippen LogP contribution in [0.3, 0.4) is 0 Å². The summed E-state index contributed by atoms with van der Waals surface area (Å²) in [5.74, 6) is -0.559. The van der Waals surface area contributed by atoms with Gasteiger partial charge in [0.15, 0.2) is 5.65 Å². The molecule has 1 saturated heterocycles. The summed E-state index contributed by atoms with van der Waals surface area (Å²) in [7, 11) is 0. The van der Waals surface area contributed by atoms with Crippen molar-refractivity contribution >= 4 is 34.4 Å². The normalized spacial score (nSPS) is 14.3. The van der Waals surface area contributed by atoms with Crippen LogP contribution in [0, 0.1) is 6.92 Å². The Hall–Kier alpha value is -3.60. The smallest absolute Gasteiger partial charge is 0.341 e. The summed E-state index contributed by atoms with van der Waals surface area (Å²) < 4.78 is 7.57. The van der Waals surface area contributed by atoms with Crippen LogP contribution in [0.5, 0.6) is 0 Å². The molecule has 0 aromatic carbocycles. The Morgan fingerprint density at radius 3 is 2.83 bits per heavy atom. The van der Waals surface area contributed by atoms with Gasteiger partial charge in [-0.1, -0.05) is 0 Å². The van der Waals surface area contributed by atoms with Gasteiger partial charge >= 0.3 is 5.97 Å². The number of anilines is 1. The van der Waals surface area contributed by atoms with Crippen LogP contribution >= 0.6 is 11.5 Å². The molecule has 29 heavy (non-hydrogen) atoms. The molecule has 0 amide bonds. The predicted octanol–water partition coefficient (Wildman–Crippen LogP) is 1.50. The molecule has 1 fully saturated rings. The number of rotatable bonds is 4. The van der Waals surface area contributed by atoms with E-state index in [9.17, 15) is 14.7 Å². The SMILES string of the molecule is Cc1cc(N2CC(n3ccnc3)C2)nc2c1c(=O)c(C(=O)O)cn2-c1ncns1. The van der Waals surface area contributed by atoms with Gasteiger partial charge in [-0.15, -0.1) is 0 Å². The number of carboxylic acid groups (broad SMARTS) is 1. The van der Waals surface area contributed by atoms with Crippen LogP contribution in [0.4, 0.5) is 5.82 Å². The summed E-state index contributed by atoms with van der Waals surface area (Å²) in [5.41, 5.74) is 0.166. The van der Waals surface area contributed by atoms with Gasteiger partial charge in [-0.25, -0.2) is 19.7 Å². The molecule has 0 bridgehead atoms. The maximum Gasteiger partial charge on any atom is 0.341 e. The van der Waals surface area contributed by atoms with E-state index >= 15 is 0 Å². The van der Waals surface area contributed by atoms with E-state index in [0.717, 1.165) is 30.4 Å². The topological polar surface area (TPSA) is 119 Å². The first-order valence-corrected chi connectivity index (χ1v) is 9.60. The van der Waals surface area contributed by atoms with E-state index in [0.29, 0.717) is 22.4 Å². The van der Waals surface area contributed by atoms with Crippen molar-refractivity contribution in [2.45, 2.75) is 13.0 Å². The maximum atomic E-state index is 12.8. The Balaban J connectivity index is 1.64. The second-order valence-electron chi connectivity index (χ2n) is 6.84. The van der Waals surface area contributed by atoms with E-state index in [1.54, 1.807) is 19.4 Å². The van der Waals surface area contributed by atoms with E-state index in [4.69, 9.17) is 4.98 Å². The van der Waals surface area contributed by atoms with Crippen LogP contribution in [0.25, 0.3) is 16.2 Å². The number of carboxylic acids is 1. The Morgan fingerprint density at radius 1 is 1.34 bits per heavy atom. The molecule has 4 aromatic rings. The van der Waals surface area contributed by atoms with Crippen LogP contribution < -0.4 is 10.3 Å². The Bertz CT molecular complexity index is 1280. The zero-order chi connectivity index (χ0) is 20.1. The summed E-state index contributed by atoms with van der Waals surface area (Å²) in [5, 5.41) is 10.2. The number of aromatic carboxylic acids is 1. The molecule has 5 heterocycles. The van der Waals surface area contributed by atoms with Gasteiger partial charge in [-0.05, 0) is 18.6 Å². The zero-order valence-electron chi connectivity index (χ0n) is 15.3. The standard InChI is InChI=1S/C18H15N7O3S/c1-10-4-13(24-5-11(6-24)23-3-2-19-9-23)22-16-14(10)15(26)12(17(27)28)7-25(16)18-20-8-21-29-18/h2-4,7-9,11H,5-6H2,1H3,(H,27,28). The molecule has 1 aliphatic rings. The van der Waals surface area contributed by atoms with Gasteiger partial charge in [0.2, 0.25) is 10.6 Å². The second-order valence-corrected chi connectivity index (χ2v) is 7.59. The first-order chi connectivity index (χ1) is 14.0. The first kappa shape index (κ1) is 17.5. The molecule has 10 nitrogen and oxygen atoms in total. The minimum Gasteiger partial charge on any atom is -0.477 e. The van der Waals surface area contributed by atoms with E-state index < -0.39 is 11.4 Å². The number of imidazole rings is 1. The van der Waals surface area contributed by atoms with E-state index in [1.807, 2.05) is 12.3 Å². The average molecular weight is 409 g/mol. The monoisotopic (exact) mass is 409 g/mol. The molecular formula is C18H15N7O3S. The Morgan fingerprint density at radius 2 is 2.17 bits per heavy atom. The van der Waals surface area contributed by atoms with E-state index in [-0.39, 0.29) is 10.9 Å². The molecule has 0 atom stereocenters. The molecule has 1 N–H and O–H groups in total. The third kappa shape index (κ3) is 2.78. The predicted molar refractivity (Wildman–Crippen MR) is 106 cm³/mol. The molecule has 0 spiro atoms. The molecule has 5 rings (SSSR count). The third-order valence-electron chi connectivity index (χ3n) is 5.06. The molecule has 0 aliphatic carbocycles. The summed E-state index contributed by atoms with van der Waals surface area (Å²) in [6.07, 6.45) is 8.13. The molecular weight excluding hydrogens is 394 g/mol. The van der Waals surface area contributed by atoms with Crippen molar-refractivity contribution < 1.29 is 9.90 Å². The number of aryl methyl sites for hydroxylation is 1. The van der Waals surface area contributed by atoms with Gasteiger partial charge in [0.05, 0.1) is 17.8 Å². The van der Waals surface area contributed by atoms with E-state index in [2.05, 4.69) is 23.8 Å². The lowest BCUT2D eigenvalue weighted by atomic mass is 10.1. The average Bonchev–Trinajstić information content (AvgIpc) is 3.34. The lowest BCUT2D eigenvalue weighted by Crippen LogP contribution is -2.48. The zero-order valence-corrected chi connectivity index (χ0v) is 16.1.